The number of piperazine rings is 1. The molecular formula is C22H26N2O2. The zero-order valence-electron chi connectivity index (χ0n) is 15.4. The van der Waals surface area contributed by atoms with Gasteiger partial charge in [0.05, 0.1) is 5.56 Å². The molecule has 0 spiro atoms. The number of anilines is 1. The van der Waals surface area contributed by atoms with Crippen LogP contribution in [0.5, 0.6) is 0 Å². The number of ether oxygens (including phenoxy) is 1. The van der Waals surface area contributed by atoms with E-state index >= 15 is 0 Å². The van der Waals surface area contributed by atoms with Crippen LogP contribution in [0.3, 0.4) is 0 Å². The summed E-state index contributed by atoms with van der Waals surface area (Å²) in [6.45, 7) is 7.55. The van der Waals surface area contributed by atoms with Gasteiger partial charge in [-0.15, -0.1) is 0 Å². The van der Waals surface area contributed by atoms with Crippen molar-refractivity contribution in [3.05, 3.63) is 65.2 Å². The minimum atomic E-state index is -0.169. The highest BCUT2D eigenvalue weighted by Gasteiger charge is 2.30. The van der Waals surface area contributed by atoms with E-state index in [1.54, 1.807) is 0 Å². The lowest BCUT2D eigenvalue weighted by Crippen LogP contribution is -2.46. The van der Waals surface area contributed by atoms with Crippen LogP contribution in [-0.2, 0) is 4.74 Å². The quantitative estimate of drug-likeness (QED) is 0.768. The van der Waals surface area contributed by atoms with Gasteiger partial charge in [0.1, 0.15) is 6.10 Å². The molecule has 0 N–H and O–H groups in total. The Hall–Kier alpha value is -2.33. The van der Waals surface area contributed by atoms with Crippen molar-refractivity contribution in [3.63, 3.8) is 0 Å². The van der Waals surface area contributed by atoms with Crippen LogP contribution in [0.25, 0.3) is 0 Å². The molecule has 1 saturated heterocycles. The zero-order chi connectivity index (χ0) is 17.9. The molecule has 4 heteroatoms. The second kappa shape index (κ2) is 7.50. The molecule has 4 rings (SSSR count). The topological polar surface area (TPSA) is 32.8 Å². The van der Waals surface area contributed by atoms with E-state index in [0.717, 1.165) is 56.7 Å². The Bertz CT molecular complexity index is 781. The van der Waals surface area contributed by atoms with Crippen molar-refractivity contribution >= 4 is 11.7 Å². The first-order valence-corrected chi connectivity index (χ1v) is 9.54. The Morgan fingerprint density at radius 3 is 2.65 bits per heavy atom. The SMILES string of the molecule is Cc1cccc(N2CCN(CCCC3OC(=O)c4ccccc43)CC2)c1. The number of fused-ring (bicyclic) bond motifs is 1. The van der Waals surface area contributed by atoms with E-state index in [2.05, 4.69) is 41.0 Å². The van der Waals surface area contributed by atoms with Crippen LogP contribution in [-0.4, -0.2) is 43.6 Å². The van der Waals surface area contributed by atoms with Crippen molar-refractivity contribution in [3.8, 4) is 0 Å². The summed E-state index contributed by atoms with van der Waals surface area (Å²) in [6, 6.07) is 16.5. The average molecular weight is 350 g/mol. The van der Waals surface area contributed by atoms with Gasteiger partial charge >= 0.3 is 5.97 Å². The van der Waals surface area contributed by atoms with Gasteiger partial charge in [-0.05, 0) is 50.1 Å². The Kier molecular flexibility index (Phi) is 4.93. The van der Waals surface area contributed by atoms with Gasteiger partial charge in [-0.2, -0.15) is 0 Å². The number of carbonyl (C=O) groups excluding carboxylic acids is 1. The number of carbonyl (C=O) groups is 1. The summed E-state index contributed by atoms with van der Waals surface area (Å²) >= 11 is 0. The summed E-state index contributed by atoms with van der Waals surface area (Å²) < 4.78 is 5.54. The van der Waals surface area contributed by atoms with E-state index in [1.807, 2.05) is 24.3 Å². The second-order valence-electron chi connectivity index (χ2n) is 7.29. The molecule has 2 heterocycles. The molecule has 1 fully saturated rings. The zero-order valence-corrected chi connectivity index (χ0v) is 15.4. The Balaban J connectivity index is 1.24. The summed E-state index contributed by atoms with van der Waals surface area (Å²) in [5.41, 5.74) is 4.45. The summed E-state index contributed by atoms with van der Waals surface area (Å²) in [6.07, 6.45) is 1.89. The molecule has 26 heavy (non-hydrogen) atoms. The Morgan fingerprint density at radius 2 is 1.85 bits per heavy atom. The summed E-state index contributed by atoms with van der Waals surface area (Å²) in [4.78, 5) is 16.9. The monoisotopic (exact) mass is 350 g/mol. The van der Waals surface area contributed by atoms with E-state index < -0.39 is 0 Å². The number of hydrogen-bond acceptors (Lipinski definition) is 4. The van der Waals surface area contributed by atoms with E-state index in [0.29, 0.717) is 0 Å². The van der Waals surface area contributed by atoms with Gasteiger partial charge in [-0.3, -0.25) is 4.90 Å². The minimum Gasteiger partial charge on any atom is -0.454 e. The summed E-state index contributed by atoms with van der Waals surface area (Å²) in [5, 5.41) is 0. The van der Waals surface area contributed by atoms with Crippen molar-refractivity contribution in [2.45, 2.75) is 25.9 Å². The molecule has 0 saturated carbocycles. The lowest BCUT2D eigenvalue weighted by molar-refractivity contribution is 0.0358. The summed E-state index contributed by atoms with van der Waals surface area (Å²) in [7, 11) is 0. The number of esters is 1. The molecule has 0 radical (unpaired) electrons. The fourth-order valence-electron chi connectivity index (χ4n) is 3.99. The van der Waals surface area contributed by atoms with Crippen molar-refractivity contribution in [2.75, 3.05) is 37.6 Å². The van der Waals surface area contributed by atoms with Gasteiger partial charge in [0, 0.05) is 37.4 Å². The maximum absolute atomic E-state index is 11.9. The molecular weight excluding hydrogens is 324 g/mol. The first-order chi connectivity index (χ1) is 12.7. The Labute approximate surface area is 155 Å². The van der Waals surface area contributed by atoms with Crippen LogP contribution in [0.15, 0.2) is 48.5 Å². The maximum Gasteiger partial charge on any atom is 0.339 e. The van der Waals surface area contributed by atoms with Crippen LogP contribution >= 0.6 is 0 Å². The third-order valence-electron chi connectivity index (χ3n) is 5.46. The van der Waals surface area contributed by atoms with Crippen LogP contribution in [0.4, 0.5) is 5.69 Å². The molecule has 136 valence electrons. The number of hydrogen-bond donors (Lipinski definition) is 0. The fourth-order valence-corrected chi connectivity index (χ4v) is 3.99. The normalized spacial score (nSPS) is 20.1. The van der Waals surface area contributed by atoms with Gasteiger partial charge in [0.2, 0.25) is 0 Å². The van der Waals surface area contributed by atoms with Crippen LogP contribution in [0.1, 0.15) is 40.4 Å². The molecule has 2 aromatic carbocycles. The maximum atomic E-state index is 11.9. The van der Waals surface area contributed by atoms with E-state index in [-0.39, 0.29) is 12.1 Å². The molecule has 1 unspecified atom stereocenters. The van der Waals surface area contributed by atoms with Crippen molar-refractivity contribution in [1.82, 2.24) is 4.90 Å². The first-order valence-electron chi connectivity index (χ1n) is 9.54. The standard InChI is InChI=1S/C22H26N2O2/c1-17-6-4-7-18(16-17)24-14-12-23(13-15-24)11-5-10-21-19-8-2-3-9-20(19)22(25)26-21/h2-4,6-9,16,21H,5,10-15H2,1H3. The highest BCUT2D eigenvalue weighted by molar-refractivity contribution is 5.93. The smallest absolute Gasteiger partial charge is 0.339 e. The third kappa shape index (κ3) is 3.61. The average Bonchev–Trinajstić information content (AvgIpc) is 2.99. The largest absolute Gasteiger partial charge is 0.454 e. The molecule has 0 amide bonds. The number of aryl methyl sites for hydroxylation is 1. The third-order valence-corrected chi connectivity index (χ3v) is 5.46. The molecule has 0 bridgehead atoms. The number of cyclic esters (lactones) is 1. The van der Waals surface area contributed by atoms with Gasteiger partial charge in [0.25, 0.3) is 0 Å². The molecule has 2 aromatic rings. The lowest BCUT2D eigenvalue weighted by Gasteiger charge is -2.36. The second-order valence-corrected chi connectivity index (χ2v) is 7.29. The predicted octanol–water partition coefficient (Wildman–Crippen LogP) is 3.81. The van der Waals surface area contributed by atoms with Crippen LogP contribution in [0, 0.1) is 6.92 Å². The number of nitrogens with zero attached hydrogens (tertiary/aromatic N) is 2. The molecule has 2 aliphatic rings. The van der Waals surface area contributed by atoms with Gasteiger partial charge in [-0.1, -0.05) is 30.3 Å². The van der Waals surface area contributed by atoms with Gasteiger partial charge in [-0.25, -0.2) is 4.79 Å². The number of benzene rings is 2. The molecule has 0 aliphatic carbocycles. The fraction of sp³-hybridized carbons (Fsp3) is 0.409. The van der Waals surface area contributed by atoms with Crippen molar-refractivity contribution in [2.24, 2.45) is 0 Å². The highest BCUT2D eigenvalue weighted by atomic mass is 16.5. The van der Waals surface area contributed by atoms with E-state index in [9.17, 15) is 4.79 Å². The van der Waals surface area contributed by atoms with Crippen molar-refractivity contribution < 1.29 is 9.53 Å². The summed E-state index contributed by atoms with van der Waals surface area (Å²) in [5.74, 6) is -0.169. The Morgan fingerprint density at radius 1 is 1.04 bits per heavy atom. The highest BCUT2D eigenvalue weighted by Crippen LogP contribution is 2.33. The van der Waals surface area contributed by atoms with Crippen LogP contribution < -0.4 is 4.90 Å². The van der Waals surface area contributed by atoms with E-state index in [4.69, 9.17) is 4.74 Å². The number of rotatable bonds is 5. The lowest BCUT2D eigenvalue weighted by atomic mass is 10.0. The molecule has 0 aromatic heterocycles. The molecule has 4 nitrogen and oxygen atoms in total. The van der Waals surface area contributed by atoms with Gasteiger partial charge < -0.3 is 9.64 Å². The molecule has 2 aliphatic heterocycles. The minimum absolute atomic E-state index is 0.0627. The predicted molar refractivity (Wildman–Crippen MR) is 104 cm³/mol. The first kappa shape index (κ1) is 17.1. The van der Waals surface area contributed by atoms with Crippen LogP contribution in [0.2, 0.25) is 0 Å². The van der Waals surface area contributed by atoms with Crippen molar-refractivity contribution in [1.29, 1.82) is 0 Å². The molecule has 1 atom stereocenters. The van der Waals surface area contributed by atoms with Gasteiger partial charge in [0.15, 0.2) is 0 Å². The van der Waals surface area contributed by atoms with E-state index in [1.165, 1.54) is 11.3 Å².